The van der Waals surface area contributed by atoms with Crippen LogP contribution in [-0.4, -0.2) is 48.2 Å². The Balaban J connectivity index is 1.23. The van der Waals surface area contributed by atoms with Crippen LogP contribution < -0.4 is 24.6 Å². The number of hydrogen-bond donors (Lipinski definition) is 1. The number of ether oxygens (including phenoxy) is 2. The van der Waals surface area contributed by atoms with Gasteiger partial charge in [-0.25, -0.2) is 9.97 Å². The molecule has 2 heterocycles. The van der Waals surface area contributed by atoms with Crippen LogP contribution in [0.25, 0.3) is 0 Å². The van der Waals surface area contributed by atoms with Crippen LogP contribution in [0.5, 0.6) is 11.5 Å². The van der Waals surface area contributed by atoms with Gasteiger partial charge >= 0.3 is 0 Å². The van der Waals surface area contributed by atoms with E-state index in [0.717, 1.165) is 41.1 Å². The summed E-state index contributed by atoms with van der Waals surface area (Å²) in [6.45, 7) is 6.59. The summed E-state index contributed by atoms with van der Waals surface area (Å²) in [6.07, 6.45) is 2.38. The van der Waals surface area contributed by atoms with Gasteiger partial charge in [-0.1, -0.05) is 24.3 Å². The van der Waals surface area contributed by atoms with Gasteiger partial charge in [0, 0.05) is 37.4 Å². The first-order chi connectivity index (χ1) is 19.5. The molecule has 40 heavy (non-hydrogen) atoms. The molecule has 9 heteroatoms. The Bertz CT molecular complexity index is 1490. The number of methoxy groups -OCH3 is 2. The van der Waals surface area contributed by atoms with Gasteiger partial charge in [0.25, 0.3) is 5.91 Å². The van der Waals surface area contributed by atoms with E-state index in [9.17, 15) is 4.79 Å². The molecule has 0 atom stereocenters. The molecule has 0 saturated carbocycles. The van der Waals surface area contributed by atoms with Crippen LogP contribution in [0.2, 0.25) is 0 Å². The van der Waals surface area contributed by atoms with E-state index >= 15 is 0 Å². The molecule has 0 saturated heterocycles. The molecule has 1 aromatic heterocycles. The van der Waals surface area contributed by atoms with E-state index in [1.807, 2.05) is 74.5 Å². The topological polar surface area (TPSA) is 92.7 Å². The smallest absolute Gasteiger partial charge is 0.258 e. The molecule has 1 N–H and O–H groups in total. The van der Waals surface area contributed by atoms with Crippen LogP contribution in [0.15, 0.2) is 67.0 Å². The number of amides is 1. The van der Waals surface area contributed by atoms with E-state index in [4.69, 9.17) is 9.47 Å². The highest BCUT2D eigenvalue weighted by molar-refractivity contribution is 6.06. The molecule has 3 aromatic carbocycles. The summed E-state index contributed by atoms with van der Waals surface area (Å²) in [5.74, 6) is 2.56. The highest BCUT2D eigenvalue weighted by atomic mass is 16.5. The normalized spacial score (nSPS) is 12.4. The van der Waals surface area contributed by atoms with Gasteiger partial charge in [0.1, 0.15) is 6.33 Å². The van der Waals surface area contributed by atoms with Crippen LogP contribution in [-0.2, 0) is 19.5 Å². The Morgan fingerprint density at radius 1 is 1.00 bits per heavy atom. The lowest BCUT2D eigenvalue weighted by molar-refractivity contribution is 0.0988. The third kappa shape index (κ3) is 5.83. The summed E-state index contributed by atoms with van der Waals surface area (Å²) in [4.78, 5) is 30.5. The van der Waals surface area contributed by atoms with Crippen molar-refractivity contribution in [3.05, 3.63) is 94.8 Å². The predicted molar refractivity (Wildman–Crippen MR) is 156 cm³/mol. The number of nitrogens with one attached hydrogen (secondary N) is 1. The lowest BCUT2D eigenvalue weighted by Crippen LogP contribution is -2.32. The number of nitrogens with zero attached hydrogens (tertiary/aromatic N) is 5. The van der Waals surface area contributed by atoms with Crippen LogP contribution in [0.3, 0.4) is 0 Å². The molecule has 0 aliphatic carbocycles. The second-order valence-electron chi connectivity index (χ2n) is 9.70. The van der Waals surface area contributed by atoms with Crippen molar-refractivity contribution in [2.45, 2.75) is 33.4 Å². The second-order valence-corrected chi connectivity index (χ2v) is 9.70. The van der Waals surface area contributed by atoms with Gasteiger partial charge in [-0.2, -0.15) is 4.98 Å². The SMILES string of the molecule is CCN(C(=O)c1ccc(CNc2ncnc(N3CCc4cc(OC)c(OC)cc4C3)n2)cc1)c1cccc(C)c1. The van der Waals surface area contributed by atoms with Crippen LogP contribution in [0.4, 0.5) is 17.6 Å². The van der Waals surface area contributed by atoms with Gasteiger partial charge in [0.05, 0.1) is 14.2 Å². The quantitative estimate of drug-likeness (QED) is 0.317. The molecule has 1 aliphatic heterocycles. The number of carbonyl (C=O) groups is 1. The Hall–Kier alpha value is -4.66. The summed E-state index contributed by atoms with van der Waals surface area (Å²) in [7, 11) is 3.30. The molecule has 9 nitrogen and oxygen atoms in total. The third-order valence-corrected chi connectivity index (χ3v) is 7.09. The zero-order valence-corrected chi connectivity index (χ0v) is 23.3. The lowest BCUT2D eigenvalue weighted by atomic mass is 9.99. The number of carbonyl (C=O) groups excluding carboxylic acids is 1. The molecular weight excluding hydrogens is 504 g/mol. The molecule has 4 aromatic rings. The van der Waals surface area contributed by atoms with Crippen molar-refractivity contribution in [3.8, 4) is 11.5 Å². The highest BCUT2D eigenvalue weighted by Gasteiger charge is 2.22. The molecule has 1 amide bonds. The Labute approximate surface area is 234 Å². The van der Waals surface area contributed by atoms with Crippen molar-refractivity contribution < 1.29 is 14.3 Å². The summed E-state index contributed by atoms with van der Waals surface area (Å²) in [5.41, 5.74) is 6.10. The Morgan fingerprint density at radius 2 is 1.75 bits per heavy atom. The van der Waals surface area contributed by atoms with Gasteiger partial charge in [0.2, 0.25) is 11.9 Å². The molecule has 0 bridgehead atoms. The van der Waals surface area contributed by atoms with E-state index in [1.54, 1.807) is 19.1 Å². The van der Waals surface area contributed by atoms with Gasteiger partial charge in [-0.3, -0.25) is 4.79 Å². The molecule has 206 valence electrons. The van der Waals surface area contributed by atoms with Crippen molar-refractivity contribution in [2.24, 2.45) is 0 Å². The number of aromatic nitrogens is 3. The minimum atomic E-state index is -0.0195. The first-order valence-electron chi connectivity index (χ1n) is 13.4. The van der Waals surface area contributed by atoms with Gasteiger partial charge in [0.15, 0.2) is 11.5 Å². The largest absolute Gasteiger partial charge is 0.493 e. The fraction of sp³-hybridized carbons (Fsp3) is 0.290. The number of hydrogen-bond acceptors (Lipinski definition) is 8. The van der Waals surface area contributed by atoms with Gasteiger partial charge in [-0.05, 0) is 78.9 Å². The number of benzene rings is 3. The monoisotopic (exact) mass is 538 g/mol. The van der Waals surface area contributed by atoms with Gasteiger partial charge < -0.3 is 24.6 Å². The molecule has 5 rings (SSSR count). The van der Waals surface area contributed by atoms with Crippen molar-refractivity contribution in [2.75, 3.05) is 42.4 Å². The van der Waals surface area contributed by atoms with E-state index in [-0.39, 0.29) is 5.91 Å². The molecule has 1 aliphatic rings. The van der Waals surface area contributed by atoms with E-state index in [1.165, 1.54) is 11.9 Å². The zero-order valence-electron chi connectivity index (χ0n) is 23.3. The van der Waals surface area contributed by atoms with Crippen molar-refractivity contribution in [1.29, 1.82) is 0 Å². The van der Waals surface area contributed by atoms with E-state index in [0.29, 0.717) is 42.8 Å². The first-order valence-corrected chi connectivity index (χ1v) is 13.4. The summed E-state index contributed by atoms with van der Waals surface area (Å²) < 4.78 is 10.9. The summed E-state index contributed by atoms with van der Waals surface area (Å²) in [5, 5.41) is 3.29. The first kappa shape index (κ1) is 26.9. The van der Waals surface area contributed by atoms with Crippen LogP contribution >= 0.6 is 0 Å². The van der Waals surface area contributed by atoms with Crippen molar-refractivity contribution in [3.63, 3.8) is 0 Å². The van der Waals surface area contributed by atoms with Crippen LogP contribution in [0, 0.1) is 6.92 Å². The molecule has 0 fully saturated rings. The van der Waals surface area contributed by atoms with E-state index < -0.39 is 0 Å². The molecule has 0 spiro atoms. The summed E-state index contributed by atoms with van der Waals surface area (Å²) >= 11 is 0. The second kappa shape index (κ2) is 12.0. The fourth-order valence-electron chi connectivity index (χ4n) is 4.92. The number of anilines is 3. The van der Waals surface area contributed by atoms with Crippen LogP contribution in [0.1, 0.15) is 39.5 Å². The number of rotatable bonds is 9. The van der Waals surface area contributed by atoms with Gasteiger partial charge in [-0.15, -0.1) is 0 Å². The maximum absolute atomic E-state index is 13.2. The number of fused-ring (bicyclic) bond motifs is 1. The third-order valence-electron chi connectivity index (χ3n) is 7.09. The highest BCUT2D eigenvalue weighted by Crippen LogP contribution is 2.34. The number of aryl methyl sites for hydroxylation is 1. The standard InChI is InChI=1S/C31H34N6O3/c1-5-37(26-8-6-7-21(2)15-26)29(38)23-11-9-22(10-12-23)18-32-30-33-20-34-31(35-30)36-14-13-24-16-27(39-3)28(40-4)17-25(24)19-36/h6-12,15-17,20H,5,13-14,18-19H2,1-4H3,(H,32,33,34,35). The molecular formula is C31H34N6O3. The average molecular weight is 539 g/mol. The molecule has 0 unspecified atom stereocenters. The maximum atomic E-state index is 13.2. The minimum Gasteiger partial charge on any atom is -0.493 e. The zero-order chi connectivity index (χ0) is 28.1. The maximum Gasteiger partial charge on any atom is 0.258 e. The lowest BCUT2D eigenvalue weighted by Gasteiger charge is -2.29. The van der Waals surface area contributed by atoms with E-state index in [2.05, 4.69) is 25.2 Å². The summed E-state index contributed by atoms with van der Waals surface area (Å²) in [6, 6.07) is 19.7. The minimum absolute atomic E-state index is 0.0195. The predicted octanol–water partition coefficient (Wildman–Crippen LogP) is 5.04. The Kier molecular flexibility index (Phi) is 8.10. The fourth-order valence-corrected chi connectivity index (χ4v) is 4.92. The Morgan fingerprint density at radius 3 is 2.45 bits per heavy atom. The average Bonchev–Trinajstić information content (AvgIpc) is 2.99. The van der Waals surface area contributed by atoms with Crippen molar-refractivity contribution >= 4 is 23.5 Å². The van der Waals surface area contributed by atoms with Crippen molar-refractivity contribution in [1.82, 2.24) is 15.0 Å². The molecule has 0 radical (unpaired) electrons.